The van der Waals surface area contributed by atoms with Crippen molar-refractivity contribution in [2.75, 3.05) is 17.7 Å². The summed E-state index contributed by atoms with van der Waals surface area (Å²) < 4.78 is 7.12. The summed E-state index contributed by atoms with van der Waals surface area (Å²) in [5.41, 5.74) is 2.06. The Hall–Kier alpha value is -2.39. The number of H-pyrrole nitrogens is 1. The smallest absolute Gasteiger partial charge is 0.344 e. The van der Waals surface area contributed by atoms with Crippen LogP contribution in [-0.4, -0.2) is 44.9 Å². The summed E-state index contributed by atoms with van der Waals surface area (Å²) in [7, 11) is 0. The number of hydrogen-bond donors (Lipinski definition) is 2. The fraction of sp³-hybridized carbons (Fsp3) is 0.444. The molecular weight excluding hydrogens is 368 g/mol. The number of benzene rings is 1. The number of nitrogens with one attached hydrogen (secondary N) is 2. The van der Waals surface area contributed by atoms with Gasteiger partial charge in [-0.25, -0.2) is 9.89 Å². The number of anilines is 1. The van der Waals surface area contributed by atoms with Gasteiger partial charge in [0.1, 0.15) is 0 Å². The molecule has 2 aromatic rings. The van der Waals surface area contributed by atoms with Gasteiger partial charge in [0, 0.05) is 24.3 Å². The maximum absolute atomic E-state index is 12.6. The van der Waals surface area contributed by atoms with E-state index in [2.05, 4.69) is 15.5 Å². The average molecular weight is 388 g/mol. The normalized spacial score (nSPS) is 19.0. The zero-order valence-corrected chi connectivity index (χ0v) is 15.5. The molecule has 0 spiro atoms. The maximum atomic E-state index is 12.6. The van der Waals surface area contributed by atoms with E-state index in [0.29, 0.717) is 30.1 Å². The first-order chi connectivity index (χ1) is 13.1. The minimum absolute atomic E-state index is 0.000113. The molecule has 0 radical (unpaired) electrons. The number of ketones is 1. The number of aryl methyl sites for hydroxylation is 1. The van der Waals surface area contributed by atoms with Crippen LogP contribution < -0.4 is 11.0 Å². The molecule has 142 valence electrons. The van der Waals surface area contributed by atoms with Crippen molar-refractivity contribution in [1.29, 1.82) is 0 Å². The van der Waals surface area contributed by atoms with Crippen molar-refractivity contribution in [1.82, 2.24) is 14.8 Å². The number of hydrogen-bond acceptors (Lipinski definition) is 6. The Morgan fingerprint density at radius 2 is 2.22 bits per heavy atom. The van der Waals surface area contributed by atoms with E-state index in [-0.39, 0.29) is 29.2 Å². The third-order valence-corrected chi connectivity index (χ3v) is 5.76. The number of fused-ring (bicyclic) bond motifs is 1. The summed E-state index contributed by atoms with van der Waals surface area (Å²) in [6.45, 7) is 1.17. The zero-order chi connectivity index (χ0) is 18.8. The third-order valence-electron chi connectivity index (χ3n) is 4.79. The number of thioether (sulfide) groups is 1. The average Bonchev–Trinajstić information content (AvgIpc) is 3.30. The minimum Gasteiger partial charge on any atom is -0.376 e. The summed E-state index contributed by atoms with van der Waals surface area (Å²) >= 11 is 1.24. The zero-order valence-electron chi connectivity index (χ0n) is 14.7. The van der Waals surface area contributed by atoms with E-state index >= 15 is 0 Å². The molecule has 27 heavy (non-hydrogen) atoms. The Morgan fingerprint density at radius 1 is 1.33 bits per heavy atom. The van der Waals surface area contributed by atoms with Crippen molar-refractivity contribution in [2.24, 2.45) is 0 Å². The van der Waals surface area contributed by atoms with Gasteiger partial charge in [-0.15, -0.1) is 5.10 Å². The van der Waals surface area contributed by atoms with E-state index < -0.39 is 0 Å². The van der Waals surface area contributed by atoms with E-state index in [1.165, 1.54) is 16.3 Å². The number of aromatic nitrogens is 3. The predicted molar refractivity (Wildman–Crippen MR) is 100 cm³/mol. The Kier molecular flexibility index (Phi) is 5.13. The molecule has 2 N–H and O–H groups in total. The molecule has 0 aliphatic carbocycles. The van der Waals surface area contributed by atoms with Crippen LogP contribution in [0.25, 0.3) is 0 Å². The lowest BCUT2D eigenvalue weighted by Crippen LogP contribution is -2.25. The van der Waals surface area contributed by atoms with Gasteiger partial charge in [0.2, 0.25) is 5.91 Å². The van der Waals surface area contributed by atoms with E-state index in [1.54, 1.807) is 12.1 Å². The molecule has 1 saturated heterocycles. The molecule has 1 aromatic carbocycles. The first-order valence-corrected chi connectivity index (χ1v) is 9.94. The van der Waals surface area contributed by atoms with Crippen LogP contribution >= 0.6 is 11.8 Å². The van der Waals surface area contributed by atoms with Gasteiger partial charge in [0.15, 0.2) is 10.9 Å². The first kappa shape index (κ1) is 18.0. The Labute approximate surface area is 159 Å². The Balaban J connectivity index is 1.42. The number of rotatable bonds is 6. The SMILES string of the molecule is O=C1CCc2cc(C(=O)CSc3n[nH]c(=O)n3C[C@H]3CCCO3)ccc2N1. The predicted octanol–water partition coefficient (Wildman–Crippen LogP) is 1.61. The minimum atomic E-state index is -0.287. The first-order valence-electron chi connectivity index (χ1n) is 8.96. The largest absolute Gasteiger partial charge is 0.376 e. The Morgan fingerprint density at radius 3 is 3.04 bits per heavy atom. The summed E-state index contributed by atoms with van der Waals surface area (Å²) in [4.78, 5) is 36.0. The second-order valence-corrected chi connectivity index (χ2v) is 7.63. The molecule has 0 bridgehead atoms. The molecule has 3 heterocycles. The van der Waals surface area contributed by atoms with Crippen LogP contribution in [0.1, 0.15) is 35.2 Å². The van der Waals surface area contributed by atoms with E-state index in [9.17, 15) is 14.4 Å². The molecular formula is C18H20N4O4S. The van der Waals surface area contributed by atoms with Crippen molar-refractivity contribution >= 4 is 29.1 Å². The molecule has 0 unspecified atom stereocenters. The second kappa shape index (κ2) is 7.69. The number of nitrogens with zero attached hydrogens (tertiary/aromatic N) is 2. The monoisotopic (exact) mass is 388 g/mol. The highest BCUT2D eigenvalue weighted by Crippen LogP contribution is 2.25. The van der Waals surface area contributed by atoms with Crippen molar-refractivity contribution in [3.05, 3.63) is 39.8 Å². The number of amides is 1. The molecule has 0 saturated carbocycles. The van der Waals surface area contributed by atoms with Crippen LogP contribution in [0.5, 0.6) is 0 Å². The molecule has 1 fully saturated rings. The maximum Gasteiger partial charge on any atom is 0.344 e. The van der Waals surface area contributed by atoms with Gasteiger partial charge in [-0.05, 0) is 43.0 Å². The van der Waals surface area contributed by atoms with Crippen molar-refractivity contribution in [3.63, 3.8) is 0 Å². The summed E-state index contributed by atoms with van der Waals surface area (Å²) in [6, 6.07) is 5.32. The fourth-order valence-corrected chi connectivity index (χ4v) is 4.19. The molecule has 2 aliphatic rings. The fourth-order valence-electron chi connectivity index (χ4n) is 3.34. The van der Waals surface area contributed by atoms with Gasteiger partial charge in [-0.3, -0.25) is 14.2 Å². The lowest BCUT2D eigenvalue weighted by Gasteiger charge is -2.17. The van der Waals surface area contributed by atoms with Crippen LogP contribution in [0.3, 0.4) is 0 Å². The third kappa shape index (κ3) is 3.98. The van der Waals surface area contributed by atoms with Crippen LogP contribution in [0.2, 0.25) is 0 Å². The van der Waals surface area contributed by atoms with Gasteiger partial charge in [0.05, 0.1) is 18.4 Å². The molecule has 1 amide bonds. The quantitative estimate of drug-likeness (QED) is 0.575. The van der Waals surface area contributed by atoms with Gasteiger partial charge in [0.25, 0.3) is 0 Å². The highest BCUT2D eigenvalue weighted by atomic mass is 32.2. The topological polar surface area (TPSA) is 106 Å². The molecule has 1 atom stereocenters. The molecule has 9 heteroatoms. The number of carbonyl (C=O) groups is 2. The lowest BCUT2D eigenvalue weighted by atomic mass is 9.99. The lowest BCUT2D eigenvalue weighted by molar-refractivity contribution is -0.116. The van der Waals surface area contributed by atoms with Crippen LogP contribution in [0.15, 0.2) is 28.2 Å². The summed E-state index contributed by atoms with van der Waals surface area (Å²) in [6.07, 6.45) is 3.01. The van der Waals surface area contributed by atoms with Crippen molar-refractivity contribution in [3.8, 4) is 0 Å². The van der Waals surface area contributed by atoms with Crippen LogP contribution in [0, 0.1) is 0 Å². The van der Waals surface area contributed by atoms with E-state index in [1.807, 2.05) is 6.07 Å². The second-order valence-electron chi connectivity index (χ2n) is 6.69. The van der Waals surface area contributed by atoms with E-state index in [0.717, 1.165) is 30.7 Å². The standard InChI is InChI=1S/C18H20N4O4S/c23-15(12-3-5-14-11(8-12)4-6-16(24)19-14)10-27-18-21-20-17(25)22(18)9-13-2-1-7-26-13/h3,5,8,13H,1-2,4,6-7,9-10H2,(H,19,24)(H,20,25)/t13-/m1/s1. The van der Waals surface area contributed by atoms with E-state index in [4.69, 9.17) is 4.74 Å². The molecule has 2 aliphatic heterocycles. The van der Waals surface area contributed by atoms with Gasteiger partial charge >= 0.3 is 5.69 Å². The number of ether oxygens (including phenoxy) is 1. The summed E-state index contributed by atoms with van der Waals surface area (Å²) in [5.74, 6) is 0.139. The number of Topliss-reactive ketones (excluding diaryl/α,β-unsaturated/α-hetero) is 1. The van der Waals surface area contributed by atoms with Crippen molar-refractivity contribution < 1.29 is 14.3 Å². The molecule has 8 nitrogen and oxygen atoms in total. The Bertz CT molecular complexity index is 930. The number of carbonyl (C=O) groups excluding carboxylic acids is 2. The highest BCUT2D eigenvalue weighted by Gasteiger charge is 2.21. The summed E-state index contributed by atoms with van der Waals surface area (Å²) in [5, 5.41) is 9.79. The van der Waals surface area contributed by atoms with Gasteiger partial charge in [-0.1, -0.05) is 11.8 Å². The van der Waals surface area contributed by atoms with Crippen molar-refractivity contribution in [2.45, 2.75) is 43.5 Å². The van der Waals surface area contributed by atoms with Gasteiger partial charge in [-0.2, -0.15) is 0 Å². The van der Waals surface area contributed by atoms with Gasteiger partial charge < -0.3 is 10.1 Å². The highest BCUT2D eigenvalue weighted by molar-refractivity contribution is 7.99. The van der Waals surface area contributed by atoms with Crippen LogP contribution in [0.4, 0.5) is 5.69 Å². The number of aromatic amines is 1. The van der Waals surface area contributed by atoms with Crippen LogP contribution in [-0.2, 0) is 22.5 Å². The molecule has 1 aromatic heterocycles. The molecule has 4 rings (SSSR count).